The Balaban J connectivity index is 0.000000162. The van der Waals surface area contributed by atoms with Crippen molar-refractivity contribution in [2.45, 2.75) is 6.92 Å². The van der Waals surface area contributed by atoms with E-state index in [1.165, 1.54) is 0 Å². The number of hydrogen-bond acceptors (Lipinski definition) is 1. The topological polar surface area (TPSA) is 9.23 Å². The van der Waals surface area contributed by atoms with E-state index in [1.807, 2.05) is 0 Å². The van der Waals surface area contributed by atoms with Crippen LogP contribution in [0.25, 0.3) is 0 Å². The van der Waals surface area contributed by atoms with Crippen molar-refractivity contribution in [1.29, 1.82) is 0 Å². The zero-order chi connectivity index (χ0) is 5.70. The fourth-order valence-electron chi connectivity index (χ4n) is 0.354. The minimum absolute atomic E-state index is 0.500. The zero-order valence-corrected chi connectivity index (χ0v) is 4.78. The van der Waals surface area contributed by atoms with Crippen molar-refractivity contribution >= 4 is 0 Å². The smallest absolute Gasteiger partial charge is 0.0785 e. The van der Waals surface area contributed by atoms with Gasteiger partial charge in [-0.15, -0.1) is 0 Å². The van der Waals surface area contributed by atoms with Crippen molar-refractivity contribution in [3.63, 3.8) is 0 Å². The predicted octanol–water partition coefficient (Wildman–Crippen LogP) is 1.24. The lowest BCUT2D eigenvalue weighted by atomic mass is 10.2. The molecule has 1 saturated heterocycles. The van der Waals surface area contributed by atoms with E-state index >= 15 is 0 Å². The van der Waals surface area contributed by atoms with E-state index < -0.39 is 0 Å². The summed E-state index contributed by atoms with van der Waals surface area (Å²) in [5.41, 5.74) is 0. The summed E-state index contributed by atoms with van der Waals surface area (Å²) >= 11 is 0. The number of halogens is 1. The standard InChI is InChI=1S/C4H8O.CH3F/c1-4-2-5-3-4;1-2/h4H,2-3H2,1H3;1H3. The molecule has 1 fully saturated rings. The summed E-state index contributed by atoms with van der Waals surface area (Å²) in [6, 6.07) is 0. The van der Waals surface area contributed by atoms with Crippen molar-refractivity contribution in [3.8, 4) is 0 Å². The molecule has 0 atom stereocenters. The van der Waals surface area contributed by atoms with E-state index in [0.29, 0.717) is 7.18 Å². The third kappa shape index (κ3) is 2.57. The Morgan fingerprint density at radius 2 is 1.71 bits per heavy atom. The van der Waals surface area contributed by atoms with Gasteiger partial charge in [-0.05, 0) is 0 Å². The van der Waals surface area contributed by atoms with Crippen LogP contribution in [-0.2, 0) is 4.74 Å². The quantitative estimate of drug-likeness (QED) is 0.451. The van der Waals surface area contributed by atoms with Gasteiger partial charge in [0.05, 0.1) is 20.4 Å². The van der Waals surface area contributed by atoms with Gasteiger partial charge in [-0.25, -0.2) is 0 Å². The summed E-state index contributed by atoms with van der Waals surface area (Å²) in [7, 11) is 0.500. The number of rotatable bonds is 0. The highest BCUT2D eigenvalue weighted by Gasteiger charge is 2.09. The second-order valence-electron chi connectivity index (χ2n) is 1.64. The van der Waals surface area contributed by atoms with Crippen molar-refractivity contribution < 1.29 is 9.13 Å². The van der Waals surface area contributed by atoms with E-state index in [-0.39, 0.29) is 0 Å². The van der Waals surface area contributed by atoms with Gasteiger partial charge in [0.25, 0.3) is 0 Å². The Labute approximate surface area is 43.5 Å². The molecule has 44 valence electrons. The lowest BCUT2D eigenvalue weighted by Crippen LogP contribution is -2.23. The molecule has 0 aromatic carbocycles. The summed E-state index contributed by atoms with van der Waals surface area (Å²) < 4.78 is 14.3. The molecule has 1 rings (SSSR count). The summed E-state index contributed by atoms with van der Waals surface area (Å²) in [6.45, 7) is 4.16. The number of ether oxygens (including phenoxy) is 1. The van der Waals surface area contributed by atoms with E-state index in [1.54, 1.807) is 0 Å². The van der Waals surface area contributed by atoms with Gasteiger partial charge in [0, 0.05) is 5.92 Å². The molecule has 0 radical (unpaired) electrons. The summed E-state index contributed by atoms with van der Waals surface area (Å²) in [5.74, 6) is 0.843. The second-order valence-corrected chi connectivity index (χ2v) is 1.64. The highest BCUT2D eigenvalue weighted by atomic mass is 19.1. The van der Waals surface area contributed by atoms with Crippen molar-refractivity contribution in [2.75, 3.05) is 20.4 Å². The first-order valence-corrected chi connectivity index (χ1v) is 2.35. The first-order valence-electron chi connectivity index (χ1n) is 2.35. The van der Waals surface area contributed by atoms with Gasteiger partial charge in [0.1, 0.15) is 0 Å². The maximum Gasteiger partial charge on any atom is 0.0785 e. The Morgan fingerprint density at radius 3 is 1.71 bits per heavy atom. The van der Waals surface area contributed by atoms with Crippen LogP contribution in [0.5, 0.6) is 0 Å². The van der Waals surface area contributed by atoms with Crippen molar-refractivity contribution in [1.82, 2.24) is 0 Å². The van der Waals surface area contributed by atoms with Gasteiger partial charge in [0.2, 0.25) is 0 Å². The molecule has 1 nitrogen and oxygen atoms in total. The van der Waals surface area contributed by atoms with Gasteiger partial charge < -0.3 is 4.74 Å². The molecule has 0 amide bonds. The normalized spacial score (nSPS) is 19.3. The van der Waals surface area contributed by atoms with Gasteiger partial charge >= 0.3 is 0 Å². The van der Waals surface area contributed by atoms with E-state index in [2.05, 4.69) is 6.92 Å². The summed E-state index contributed by atoms with van der Waals surface area (Å²) in [4.78, 5) is 0. The predicted molar refractivity (Wildman–Crippen MR) is 27.0 cm³/mol. The number of hydrogen-bond donors (Lipinski definition) is 0. The first kappa shape index (κ1) is 6.89. The summed E-state index contributed by atoms with van der Waals surface area (Å²) in [6.07, 6.45) is 0. The van der Waals surface area contributed by atoms with Gasteiger partial charge in [0.15, 0.2) is 0 Å². The monoisotopic (exact) mass is 106 g/mol. The zero-order valence-electron chi connectivity index (χ0n) is 4.78. The van der Waals surface area contributed by atoms with Crippen molar-refractivity contribution in [2.24, 2.45) is 5.92 Å². The van der Waals surface area contributed by atoms with Crippen LogP contribution in [0.4, 0.5) is 4.39 Å². The average Bonchev–Trinajstić information content (AvgIpc) is 1.68. The fraction of sp³-hybridized carbons (Fsp3) is 1.00. The van der Waals surface area contributed by atoms with Crippen LogP contribution in [0, 0.1) is 5.92 Å². The Kier molecular flexibility index (Phi) is 4.00. The lowest BCUT2D eigenvalue weighted by molar-refractivity contribution is -0.0221. The minimum atomic E-state index is 0.500. The largest absolute Gasteiger partial charge is 0.381 e. The SMILES string of the molecule is CC1COC1.CF. The molecular weight excluding hydrogens is 95.1 g/mol. The number of alkyl halides is 1. The Bertz CT molecular complexity index is 35.1. The van der Waals surface area contributed by atoms with Crippen LogP contribution < -0.4 is 0 Å². The van der Waals surface area contributed by atoms with Crippen LogP contribution >= 0.6 is 0 Å². The van der Waals surface area contributed by atoms with Gasteiger partial charge in [-0.2, -0.15) is 0 Å². The molecule has 1 aliphatic rings. The first-order chi connectivity index (χ1) is 3.39. The van der Waals surface area contributed by atoms with Crippen LogP contribution in [-0.4, -0.2) is 20.4 Å². The lowest BCUT2D eigenvalue weighted by Gasteiger charge is -2.20. The molecule has 0 spiro atoms. The Morgan fingerprint density at radius 1 is 1.43 bits per heavy atom. The molecule has 1 aliphatic heterocycles. The molecule has 0 saturated carbocycles. The fourth-order valence-corrected chi connectivity index (χ4v) is 0.354. The van der Waals surface area contributed by atoms with Crippen LogP contribution in [0.2, 0.25) is 0 Å². The highest BCUT2D eigenvalue weighted by molar-refractivity contribution is 4.56. The van der Waals surface area contributed by atoms with Crippen LogP contribution in [0.15, 0.2) is 0 Å². The molecule has 1 heterocycles. The van der Waals surface area contributed by atoms with Crippen molar-refractivity contribution in [3.05, 3.63) is 0 Å². The van der Waals surface area contributed by atoms with Gasteiger partial charge in [-0.1, -0.05) is 6.92 Å². The second kappa shape index (κ2) is 4.06. The average molecular weight is 106 g/mol. The summed E-state index contributed by atoms with van der Waals surface area (Å²) in [5, 5.41) is 0. The maximum atomic E-state index is 9.50. The van der Waals surface area contributed by atoms with E-state index in [4.69, 9.17) is 4.74 Å². The molecule has 2 heteroatoms. The molecular formula is C5H11FO. The van der Waals surface area contributed by atoms with Gasteiger partial charge in [-0.3, -0.25) is 4.39 Å². The van der Waals surface area contributed by atoms with Crippen LogP contribution in [0.3, 0.4) is 0 Å². The molecule has 0 aromatic rings. The molecule has 0 aromatic heterocycles. The Hall–Kier alpha value is -0.110. The third-order valence-corrected chi connectivity index (χ3v) is 0.805. The minimum Gasteiger partial charge on any atom is -0.381 e. The molecule has 0 unspecified atom stereocenters. The molecule has 0 aliphatic carbocycles. The maximum absolute atomic E-state index is 9.50. The molecule has 0 N–H and O–H groups in total. The van der Waals surface area contributed by atoms with E-state index in [0.717, 1.165) is 19.1 Å². The molecule has 7 heavy (non-hydrogen) atoms. The van der Waals surface area contributed by atoms with E-state index in [9.17, 15) is 4.39 Å². The van der Waals surface area contributed by atoms with Crippen LogP contribution in [0.1, 0.15) is 6.92 Å². The molecule has 0 bridgehead atoms. The third-order valence-electron chi connectivity index (χ3n) is 0.805. The highest BCUT2D eigenvalue weighted by Crippen LogP contribution is 2.05.